The average molecular weight is 375 g/mol. The van der Waals surface area contributed by atoms with Crippen molar-refractivity contribution in [1.82, 2.24) is 10.2 Å². The third kappa shape index (κ3) is 5.46. The zero-order valence-corrected chi connectivity index (χ0v) is 14.9. The SMILES string of the molecule is CCOC(=O)N1CCC(NC(=O)COc2ccc(Cl)c(Cl)c2)CC1. The number of ether oxygens (including phenoxy) is 2. The van der Waals surface area contributed by atoms with E-state index in [-0.39, 0.29) is 24.6 Å². The predicted octanol–water partition coefficient (Wildman–Crippen LogP) is 3.11. The van der Waals surface area contributed by atoms with Gasteiger partial charge in [0.25, 0.3) is 5.91 Å². The molecule has 2 rings (SSSR count). The lowest BCUT2D eigenvalue weighted by Gasteiger charge is -2.31. The number of amides is 2. The van der Waals surface area contributed by atoms with E-state index < -0.39 is 0 Å². The van der Waals surface area contributed by atoms with Gasteiger partial charge in [0.15, 0.2) is 6.61 Å². The number of halogens is 2. The molecule has 0 atom stereocenters. The zero-order valence-electron chi connectivity index (χ0n) is 13.4. The van der Waals surface area contributed by atoms with Gasteiger partial charge < -0.3 is 19.7 Å². The molecule has 6 nitrogen and oxygen atoms in total. The van der Waals surface area contributed by atoms with Gasteiger partial charge in [0.05, 0.1) is 16.7 Å². The number of likely N-dealkylation sites (tertiary alicyclic amines) is 1. The molecule has 8 heteroatoms. The predicted molar refractivity (Wildman–Crippen MR) is 91.7 cm³/mol. The van der Waals surface area contributed by atoms with Crippen molar-refractivity contribution in [3.63, 3.8) is 0 Å². The smallest absolute Gasteiger partial charge is 0.409 e. The molecule has 1 aliphatic rings. The molecule has 1 N–H and O–H groups in total. The van der Waals surface area contributed by atoms with Crippen molar-refractivity contribution in [1.29, 1.82) is 0 Å². The Labute approximate surface area is 151 Å². The van der Waals surface area contributed by atoms with E-state index in [1.807, 2.05) is 0 Å². The maximum Gasteiger partial charge on any atom is 0.409 e. The number of nitrogens with zero attached hydrogens (tertiary/aromatic N) is 1. The Morgan fingerprint density at radius 2 is 1.96 bits per heavy atom. The van der Waals surface area contributed by atoms with Gasteiger partial charge >= 0.3 is 6.09 Å². The Balaban J connectivity index is 1.71. The fourth-order valence-electron chi connectivity index (χ4n) is 2.41. The van der Waals surface area contributed by atoms with E-state index >= 15 is 0 Å². The number of nitrogens with one attached hydrogen (secondary N) is 1. The highest BCUT2D eigenvalue weighted by Crippen LogP contribution is 2.26. The Morgan fingerprint density at radius 3 is 2.58 bits per heavy atom. The van der Waals surface area contributed by atoms with E-state index in [1.54, 1.807) is 30.0 Å². The summed E-state index contributed by atoms with van der Waals surface area (Å²) >= 11 is 11.7. The Hall–Kier alpha value is -1.66. The highest BCUT2D eigenvalue weighted by atomic mass is 35.5. The Bertz CT molecular complexity index is 589. The maximum absolute atomic E-state index is 12.0. The number of benzene rings is 1. The van der Waals surface area contributed by atoms with Crippen LogP contribution >= 0.6 is 23.2 Å². The van der Waals surface area contributed by atoms with Crippen molar-refractivity contribution in [3.8, 4) is 5.75 Å². The van der Waals surface area contributed by atoms with Gasteiger partial charge in [0, 0.05) is 25.2 Å². The van der Waals surface area contributed by atoms with Crippen LogP contribution in [0.2, 0.25) is 10.0 Å². The van der Waals surface area contributed by atoms with E-state index in [1.165, 1.54) is 0 Å². The van der Waals surface area contributed by atoms with Crippen LogP contribution in [0, 0.1) is 0 Å². The second kappa shape index (κ2) is 8.99. The third-order valence-electron chi connectivity index (χ3n) is 3.65. The topological polar surface area (TPSA) is 67.9 Å². The molecule has 1 aromatic carbocycles. The summed E-state index contributed by atoms with van der Waals surface area (Å²) in [6, 6.07) is 4.86. The monoisotopic (exact) mass is 374 g/mol. The van der Waals surface area contributed by atoms with Crippen LogP contribution in [-0.2, 0) is 9.53 Å². The average Bonchev–Trinajstić information content (AvgIpc) is 2.57. The number of rotatable bonds is 5. The summed E-state index contributed by atoms with van der Waals surface area (Å²) in [5.74, 6) is 0.271. The first-order valence-electron chi connectivity index (χ1n) is 7.78. The standard InChI is InChI=1S/C16H20Cl2N2O4/c1-2-23-16(22)20-7-5-11(6-8-20)19-15(21)10-24-12-3-4-13(17)14(18)9-12/h3-4,9,11H,2,5-8,10H2,1H3,(H,19,21). The minimum Gasteiger partial charge on any atom is -0.484 e. The normalized spacial score (nSPS) is 15.0. The number of hydrogen-bond donors (Lipinski definition) is 1. The first-order valence-corrected chi connectivity index (χ1v) is 8.54. The number of carbonyl (C=O) groups excluding carboxylic acids is 2. The summed E-state index contributed by atoms with van der Waals surface area (Å²) in [6.45, 7) is 3.17. The van der Waals surface area contributed by atoms with Crippen LogP contribution in [0.5, 0.6) is 5.75 Å². The van der Waals surface area contributed by atoms with Gasteiger partial charge in [-0.2, -0.15) is 0 Å². The second-order valence-electron chi connectivity index (χ2n) is 5.39. The van der Waals surface area contributed by atoms with Crippen molar-refractivity contribution in [2.45, 2.75) is 25.8 Å². The molecule has 0 aliphatic carbocycles. The van der Waals surface area contributed by atoms with Gasteiger partial charge in [-0.15, -0.1) is 0 Å². The number of carbonyl (C=O) groups is 2. The van der Waals surface area contributed by atoms with Gasteiger partial charge in [0.2, 0.25) is 0 Å². The van der Waals surface area contributed by atoms with E-state index in [4.69, 9.17) is 32.7 Å². The molecular weight excluding hydrogens is 355 g/mol. The summed E-state index contributed by atoms with van der Waals surface area (Å²) in [7, 11) is 0. The molecular formula is C16H20Cl2N2O4. The van der Waals surface area contributed by atoms with Crippen LogP contribution in [0.25, 0.3) is 0 Å². The molecule has 1 aliphatic heterocycles. The van der Waals surface area contributed by atoms with Crippen LogP contribution < -0.4 is 10.1 Å². The molecule has 24 heavy (non-hydrogen) atoms. The molecule has 0 bridgehead atoms. The fraction of sp³-hybridized carbons (Fsp3) is 0.500. The van der Waals surface area contributed by atoms with Gasteiger partial charge in [0.1, 0.15) is 5.75 Å². The molecule has 0 spiro atoms. The van der Waals surface area contributed by atoms with Gasteiger partial charge in [-0.3, -0.25) is 4.79 Å². The van der Waals surface area contributed by atoms with Crippen LogP contribution in [0.4, 0.5) is 4.79 Å². The summed E-state index contributed by atoms with van der Waals surface area (Å²) in [5, 5.41) is 3.71. The van der Waals surface area contributed by atoms with E-state index in [2.05, 4.69) is 5.32 Å². The molecule has 0 radical (unpaired) electrons. The minimum atomic E-state index is -0.301. The summed E-state index contributed by atoms with van der Waals surface area (Å²) < 4.78 is 10.4. The molecule has 132 valence electrons. The van der Waals surface area contributed by atoms with Crippen molar-refractivity contribution in [2.24, 2.45) is 0 Å². The lowest BCUT2D eigenvalue weighted by atomic mass is 10.1. The fourth-order valence-corrected chi connectivity index (χ4v) is 2.69. The molecule has 1 saturated heterocycles. The van der Waals surface area contributed by atoms with Crippen LogP contribution in [0.15, 0.2) is 18.2 Å². The largest absolute Gasteiger partial charge is 0.484 e. The molecule has 0 saturated carbocycles. The summed E-state index contributed by atoms with van der Waals surface area (Å²) in [5.41, 5.74) is 0. The quantitative estimate of drug-likeness (QED) is 0.859. The van der Waals surface area contributed by atoms with Crippen molar-refractivity contribution >= 4 is 35.2 Å². The lowest BCUT2D eigenvalue weighted by Crippen LogP contribution is -2.47. The molecule has 1 fully saturated rings. The van der Waals surface area contributed by atoms with Gasteiger partial charge in [-0.25, -0.2) is 4.79 Å². The minimum absolute atomic E-state index is 0.0283. The van der Waals surface area contributed by atoms with Crippen molar-refractivity contribution in [3.05, 3.63) is 28.2 Å². The van der Waals surface area contributed by atoms with E-state index in [9.17, 15) is 9.59 Å². The molecule has 1 heterocycles. The van der Waals surface area contributed by atoms with Crippen LogP contribution in [0.1, 0.15) is 19.8 Å². The van der Waals surface area contributed by atoms with Crippen LogP contribution in [0.3, 0.4) is 0 Å². The van der Waals surface area contributed by atoms with Crippen molar-refractivity contribution in [2.75, 3.05) is 26.3 Å². The second-order valence-corrected chi connectivity index (χ2v) is 6.21. The van der Waals surface area contributed by atoms with Crippen molar-refractivity contribution < 1.29 is 19.1 Å². The molecule has 0 aromatic heterocycles. The Kier molecular flexibility index (Phi) is 6.99. The third-order valence-corrected chi connectivity index (χ3v) is 4.39. The number of piperidine rings is 1. The van der Waals surface area contributed by atoms with Gasteiger partial charge in [-0.1, -0.05) is 23.2 Å². The summed E-state index contributed by atoms with van der Waals surface area (Å²) in [6.07, 6.45) is 1.08. The van der Waals surface area contributed by atoms with E-state index in [0.29, 0.717) is 48.3 Å². The Morgan fingerprint density at radius 1 is 1.25 bits per heavy atom. The van der Waals surface area contributed by atoms with E-state index in [0.717, 1.165) is 0 Å². The summed E-state index contributed by atoms with van der Waals surface area (Å²) in [4.78, 5) is 25.2. The maximum atomic E-state index is 12.0. The molecule has 0 unspecified atom stereocenters. The highest BCUT2D eigenvalue weighted by Gasteiger charge is 2.24. The molecule has 2 amide bonds. The van der Waals surface area contributed by atoms with Crippen LogP contribution in [-0.4, -0.2) is 49.2 Å². The zero-order chi connectivity index (χ0) is 17.5. The first-order chi connectivity index (χ1) is 11.5. The number of hydrogen-bond acceptors (Lipinski definition) is 4. The lowest BCUT2D eigenvalue weighted by molar-refractivity contribution is -0.124. The first kappa shape index (κ1) is 18.7. The van der Waals surface area contributed by atoms with Gasteiger partial charge in [-0.05, 0) is 31.9 Å². The molecule has 1 aromatic rings. The highest BCUT2D eigenvalue weighted by molar-refractivity contribution is 6.42.